The molecule has 0 spiro atoms. The zero-order chi connectivity index (χ0) is 12.8. The molecule has 0 aromatic carbocycles. The molecule has 3 rings (SSSR count). The Balaban J connectivity index is 1.94. The SMILES string of the molecule is CC1(c2nc(-c3ccc(Br)s3)no2)CCCC1N. The molecule has 0 radical (unpaired) electrons. The van der Waals surface area contributed by atoms with E-state index >= 15 is 0 Å². The van der Waals surface area contributed by atoms with E-state index in [4.69, 9.17) is 10.3 Å². The van der Waals surface area contributed by atoms with Crippen LogP contribution >= 0.6 is 27.3 Å². The van der Waals surface area contributed by atoms with Gasteiger partial charge in [-0.2, -0.15) is 4.98 Å². The van der Waals surface area contributed by atoms with Gasteiger partial charge in [0, 0.05) is 6.04 Å². The van der Waals surface area contributed by atoms with Crippen LogP contribution in [0.3, 0.4) is 0 Å². The minimum atomic E-state index is -0.167. The lowest BCUT2D eigenvalue weighted by Crippen LogP contribution is -2.38. The van der Waals surface area contributed by atoms with Gasteiger partial charge in [0.05, 0.1) is 14.1 Å². The smallest absolute Gasteiger partial charge is 0.234 e. The summed E-state index contributed by atoms with van der Waals surface area (Å²) in [5.41, 5.74) is 6.00. The Hall–Kier alpha value is -0.720. The molecule has 2 aromatic rings. The highest BCUT2D eigenvalue weighted by molar-refractivity contribution is 9.11. The number of aromatic nitrogens is 2. The summed E-state index contributed by atoms with van der Waals surface area (Å²) in [6.07, 6.45) is 3.17. The van der Waals surface area contributed by atoms with Gasteiger partial charge in [0.1, 0.15) is 0 Å². The van der Waals surface area contributed by atoms with E-state index in [0.717, 1.165) is 27.9 Å². The first-order chi connectivity index (χ1) is 8.59. The predicted octanol–water partition coefficient (Wildman–Crippen LogP) is 3.33. The Bertz CT molecular complexity index is 567. The van der Waals surface area contributed by atoms with Crippen LogP contribution in [0.2, 0.25) is 0 Å². The van der Waals surface area contributed by atoms with Gasteiger partial charge < -0.3 is 10.3 Å². The molecule has 6 heteroatoms. The van der Waals surface area contributed by atoms with E-state index in [1.54, 1.807) is 11.3 Å². The molecule has 4 nitrogen and oxygen atoms in total. The summed E-state index contributed by atoms with van der Waals surface area (Å²) in [6.45, 7) is 2.12. The fourth-order valence-corrected chi connectivity index (χ4v) is 3.76. The first kappa shape index (κ1) is 12.3. The lowest BCUT2D eigenvalue weighted by Gasteiger charge is -2.23. The van der Waals surface area contributed by atoms with Gasteiger partial charge in [-0.3, -0.25) is 0 Å². The second kappa shape index (κ2) is 4.43. The van der Waals surface area contributed by atoms with Crippen LogP contribution in [-0.4, -0.2) is 16.2 Å². The average Bonchev–Trinajstić information content (AvgIpc) is 3.01. The number of nitrogens with zero attached hydrogens (tertiary/aromatic N) is 2. The van der Waals surface area contributed by atoms with Crippen molar-refractivity contribution in [1.82, 2.24) is 10.1 Å². The van der Waals surface area contributed by atoms with E-state index in [1.165, 1.54) is 0 Å². The molecule has 0 saturated heterocycles. The van der Waals surface area contributed by atoms with Crippen molar-refractivity contribution in [2.45, 2.75) is 37.6 Å². The normalized spacial score (nSPS) is 27.8. The molecular formula is C12H14BrN3OS. The van der Waals surface area contributed by atoms with Crippen molar-refractivity contribution < 1.29 is 4.52 Å². The Labute approximate surface area is 118 Å². The summed E-state index contributed by atoms with van der Waals surface area (Å²) in [5, 5.41) is 4.07. The largest absolute Gasteiger partial charge is 0.338 e. The van der Waals surface area contributed by atoms with Crippen LogP contribution in [0.15, 0.2) is 20.4 Å². The van der Waals surface area contributed by atoms with Gasteiger partial charge in [-0.1, -0.05) is 11.6 Å². The maximum absolute atomic E-state index is 6.16. The van der Waals surface area contributed by atoms with Crippen molar-refractivity contribution in [3.63, 3.8) is 0 Å². The second-order valence-electron chi connectivity index (χ2n) is 4.94. The van der Waals surface area contributed by atoms with Gasteiger partial charge in [0.2, 0.25) is 11.7 Å². The van der Waals surface area contributed by atoms with E-state index < -0.39 is 0 Å². The quantitative estimate of drug-likeness (QED) is 0.918. The topological polar surface area (TPSA) is 64.9 Å². The number of halogens is 1. The van der Waals surface area contributed by atoms with Crippen molar-refractivity contribution in [3.05, 3.63) is 21.8 Å². The van der Waals surface area contributed by atoms with E-state index in [2.05, 4.69) is 33.0 Å². The van der Waals surface area contributed by atoms with Crippen LogP contribution in [0, 0.1) is 0 Å². The third-order valence-electron chi connectivity index (χ3n) is 3.74. The van der Waals surface area contributed by atoms with Crippen molar-refractivity contribution in [1.29, 1.82) is 0 Å². The molecule has 2 aromatic heterocycles. The summed E-state index contributed by atoms with van der Waals surface area (Å²) in [5.74, 6) is 1.33. The zero-order valence-electron chi connectivity index (χ0n) is 10.0. The fraction of sp³-hybridized carbons (Fsp3) is 0.500. The lowest BCUT2D eigenvalue weighted by atomic mass is 9.85. The van der Waals surface area contributed by atoms with Crippen molar-refractivity contribution >= 4 is 27.3 Å². The van der Waals surface area contributed by atoms with Gasteiger partial charge in [-0.15, -0.1) is 11.3 Å². The third kappa shape index (κ3) is 1.92. The summed E-state index contributed by atoms with van der Waals surface area (Å²) in [7, 11) is 0. The Kier molecular flexibility index (Phi) is 3.03. The minimum Gasteiger partial charge on any atom is -0.338 e. The summed E-state index contributed by atoms with van der Waals surface area (Å²) in [4.78, 5) is 5.54. The Morgan fingerprint density at radius 1 is 1.56 bits per heavy atom. The molecule has 0 aliphatic heterocycles. The average molecular weight is 328 g/mol. The number of rotatable bonds is 2. The fourth-order valence-electron chi connectivity index (χ4n) is 2.45. The van der Waals surface area contributed by atoms with Crippen LogP contribution in [0.25, 0.3) is 10.7 Å². The molecule has 1 fully saturated rings. The highest BCUT2D eigenvalue weighted by Crippen LogP contribution is 2.40. The van der Waals surface area contributed by atoms with Gasteiger partial charge in [0.25, 0.3) is 0 Å². The molecular weight excluding hydrogens is 314 g/mol. The van der Waals surface area contributed by atoms with Crippen molar-refractivity contribution in [2.24, 2.45) is 5.73 Å². The standard InChI is InChI=1S/C12H14BrN3OS/c1-12(6-2-3-8(12)14)11-15-10(16-17-11)7-4-5-9(13)18-7/h4-5,8H,2-3,6,14H2,1H3. The molecule has 2 N–H and O–H groups in total. The van der Waals surface area contributed by atoms with E-state index in [9.17, 15) is 0 Å². The Morgan fingerprint density at radius 3 is 3.00 bits per heavy atom. The first-order valence-corrected chi connectivity index (χ1v) is 7.56. The number of nitrogens with two attached hydrogens (primary N) is 1. The molecule has 1 aliphatic rings. The molecule has 1 saturated carbocycles. The lowest BCUT2D eigenvalue weighted by molar-refractivity contribution is 0.278. The monoisotopic (exact) mass is 327 g/mol. The van der Waals surface area contributed by atoms with E-state index in [-0.39, 0.29) is 11.5 Å². The van der Waals surface area contributed by atoms with Gasteiger partial charge in [0.15, 0.2) is 0 Å². The van der Waals surface area contributed by atoms with Crippen LogP contribution < -0.4 is 5.73 Å². The second-order valence-corrected chi connectivity index (χ2v) is 7.41. The van der Waals surface area contributed by atoms with Crippen LogP contribution in [0.1, 0.15) is 32.1 Å². The number of hydrogen-bond donors (Lipinski definition) is 1. The molecule has 2 atom stereocenters. The molecule has 2 unspecified atom stereocenters. The Morgan fingerprint density at radius 2 is 2.39 bits per heavy atom. The summed E-state index contributed by atoms with van der Waals surface area (Å²) in [6, 6.07) is 4.08. The number of thiophene rings is 1. The third-order valence-corrected chi connectivity index (χ3v) is 5.36. The molecule has 2 heterocycles. The van der Waals surface area contributed by atoms with Gasteiger partial charge >= 0.3 is 0 Å². The molecule has 1 aliphatic carbocycles. The van der Waals surface area contributed by atoms with Crippen LogP contribution in [0.5, 0.6) is 0 Å². The molecule has 96 valence electrons. The van der Waals surface area contributed by atoms with E-state index in [1.807, 2.05) is 12.1 Å². The highest BCUT2D eigenvalue weighted by atomic mass is 79.9. The minimum absolute atomic E-state index is 0.112. The summed E-state index contributed by atoms with van der Waals surface area (Å²) >= 11 is 5.03. The maximum atomic E-state index is 6.16. The van der Waals surface area contributed by atoms with Gasteiger partial charge in [-0.05, 0) is 47.8 Å². The maximum Gasteiger partial charge on any atom is 0.234 e. The molecule has 0 bridgehead atoms. The zero-order valence-corrected chi connectivity index (χ0v) is 12.4. The van der Waals surface area contributed by atoms with Crippen LogP contribution in [0.4, 0.5) is 0 Å². The predicted molar refractivity (Wildman–Crippen MR) is 74.5 cm³/mol. The van der Waals surface area contributed by atoms with Crippen molar-refractivity contribution in [3.8, 4) is 10.7 Å². The van der Waals surface area contributed by atoms with E-state index in [0.29, 0.717) is 11.7 Å². The van der Waals surface area contributed by atoms with Crippen LogP contribution in [-0.2, 0) is 5.41 Å². The first-order valence-electron chi connectivity index (χ1n) is 5.95. The summed E-state index contributed by atoms with van der Waals surface area (Å²) < 4.78 is 6.50. The van der Waals surface area contributed by atoms with Crippen molar-refractivity contribution in [2.75, 3.05) is 0 Å². The molecule has 0 amide bonds. The highest BCUT2D eigenvalue weighted by Gasteiger charge is 2.42. The molecule has 18 heavy (non-hydrogen) atoms. The number of hydrogen-bond acceptors (Lipinski definition) is 5. The van der Waals surface area contributed by atoms with Gasteiger partial charge in [-0.25, -0.2) is 0 Å².